The molecule has 96 valence electrons. The van der Waals surface area contributed by atoms with Gasteiger partial charge in [0.1, 0.15) is 0 Å². The number of nitrogens with one attached hydrogen (secondary N) is 2. The van der Waals surface area contributed by atoms with E-state index in [1.807, 2.05) is 26.0 Å². The third kappa shape index (κ3) is 2.38. The first-order valence-electron chi connectivity index (χ1n) is 6.04. The SMILES string of the molecule is Cc1[nH]c2ccc(C(=O)NCC(C)O)cc2c1C. The van der Waals surface area contributed by atoms with Gasteiger partial charge in [0, 0.05) is 28.7 Å². The highest BCUT2D eigenvalue weighted by Gasteiger charge is 2.10. The van der Waals surface area contributed by atoms with Gasteiger partial charge in [0.05, 0.1) is 6.10 Å². The zero-order valence-corrected chi connectivity index (χ0v) is 10.9. The molecular formula is C14H18N2O2. The Labute approximate surface area is 106 Å². The zero-order valence-electron chi connectivity index (χ0n) is 10.9. The van der Waals surface area contributed by atoms with Crippen LogP contribution in [0.5, 0.6) is 0 Å². The normalized spacial score (nSPS) is 12.7. The van der Waals surface area contributed by atoms with Crippen molar-refractivity contribution >= 4 is 16.8 Å². The summed E-state index contributed by atoms with van der Waals surface area (Å²) in [6.07, 6.45) is -0.533. The topological polar surface area (TPSA) is 65.1 Å². The van der Waals surface area contributed by atoms with Crippen molar-refractivity contribution < 1.29 is 9.90 Å². The molecule has 0 saturated heterocycles. The predicted octanol–water partition coefficient (Wildman–Crippen LogP) is 1.90. The molecule has 1 aromatic carbocycles. The number of fused-ring (bicyclic) bond motifs is 1. The number of amides is 1. The van der Waals surface area contributed by atoms with Crippen LogP contribution < -0.4 is 5.32 Å². The van der Waals surface area contributed by atoms with Crippen LogP contribution in [0.15, 0.2) is 18.2 Å². The smallest absolute Gasteiger partial charge is 0.251 e. The van der Waals surface area contributed by atoms with Crippen LogP contribution in [0.25, 0.3) is 10.9 Å². The second-order valence-electron chi connectivity index (χ2n) is 4.69. The molecule has 0 spiro atoms. The van der Waals surface area contributed by atoms with E-state index in [1.54, 1.807) is 13.0 Å². The highest BCUT2D eigenvalue weighted by atomic mass is 16.3. The Morgan fingerprint density at radius 1 is 1.44 bits per heavy atom. The minimum absolute atomic E-state index is 0.156. The molecule has 0 radical (unpaired) electrons. The van der Waals surface area contributed by atoms with Gasteiger partial charge in [0.15, 0.2) is 0 Å². The standard InChI is InChI=1S/C14H18N2O2/c1-8(17)7-15-14(18)11-4-5-13-12(6-11)9(2)10(3)16-13/h4-6,8,16-17H,7H2,1-3H3,(H,15,18). The third-order valence-electron chi connectivity index (χ3n) is 3.13. The van der Waals surface area contributed by atoms with Crippen LogP contribution in [0.3, 0.4) is 0 Å². The van der Waals surface area contributed by atoms with Crippen molar-refractivity contribution in [2.75, 3.05) is 6.54 Å². The number of aliphatic hydroxyl groups is 1. The van der Waals surface area contributed by atoms with Gasteiger partial charge in [-0.3, -0.25) is 4.79 Å². The van der Waals surface area contributed by atoms with Gasteiger partial charge in [-0.25, -0.2) is 0 Å². The Morgan fingerprint density at radius 2 is 2.17 bits per heavy atom. The first-order valence-corrected chi connectivity index (χ1v) is 6.04. The number of aromatic nitrogens is 1. The number of aliphatic hydroxyl groups excluding tert-OH is 1. The van der Waals surface area contributed by atoms with E-state index in [0.717, 1.165) is 22.2 Å². The lowest BCUT2D eigenvalue weighted by molar-refractivity contribution is 0.0924. The van der Waals surface area contributed by atoms with Crippen molar-refractivity contribution in [2.24, 2.45) is 0 Å². The second-order valence-corrected chi connectivity index (χ2v) is 4.69. The Morgan fingerprint density at radius 3 is 2.83 bits per heavy atom. The van der Waals surface area contributed by atoms with E-state index >= 15 is 0 Å². The molecule has 0 aliphatic carbocycles. The number of carbonyl (C=O) groups excluding carboxylic acids is 1. The predicted molar refractivity (Wildman–Crippen MR) is 71.8 cm³/mol. The monoisotopic (exact) mass is 246 g/mol. The Kier molecular flexibility index (Phi) is 3.39. The number of carbonyl (C=O) groups is 1. The molecule has 1 atom stereocenters. The summed E-state index contributed by atoms with van der Waals surface area (Å²) in [6.45, 7) is 5.96. The summed E-state index contributed by atoms with van der Waals surface area (Å²) in [5.74, 6) is -0.156. The van der Waals surface area contributed by atoms with Gasteiger partial charge in [0.2, 0.25) is 0 Å². The molecule has 4 heteroatoms. The maximum atomic E-state index is 11.9. The number of H-pyrrole nitrogens is 1. The van der Waals surface area contributed by atoms with Gasteiger partial charge in [-0.1, -0.05) is 0 Å². The molecule has 0 bridgehead atoms. The molecule has 0 saturated carbocycles. The van der Waals surface area contributed by atoms with Crippen LogP contribution in [0.2, 0.25) is 0 Å². The number of hydrogen-bond donors (Lipinski definition) is 3. The fourth-order valence-electron chi connectivity index (χ4n) is 1.94. The molecule has 2 aromatic rings. The first-order chi connectivity index (χ1) is 8.49. The Balaban J connectivity index is 2.29. The summed E-state index contributed by atoms with van der Waals surface area (Å²) >= 11 is 0. The van der Waals surface area contributed by atoms with Crippen LogP contribution >= 0.6 is 0 Å². The number of rotatable bonds is 3. The maximum Gasteiger partial charge on any atom is 0.251 e. The van der Waals surface area contributed by atoms with E-state index in [4.69, 9.17) is 5.11 Å². The average molecular weight is 246 g/mol. The van der Waals surface area contributed by atoms with Crippen molar-refractivity contribution in [2.45, 2.75) is 26.9 Å². The number of hydrogen-bond acceptors (Lipinski definition) is 2. The van der Waals surface area contributed by atoms with Gasteiger partial charge in [0.25, 0.3) is 5.91 Å². The molecule has 0 aliphatic heterocycles. The lowest BCUT2D eigenvalue weighted by Crippen LogP contribution is -2.30. The van der Waals surface area contributed by atoms with E-state index in [-0.39, 0.29) is 12.5 Å². The van der Waals surface area contributed by atoms with E-state index in [1.165, 1.54) is 0 Å². The van der Waals surface area contributed by atoms with E-state index in [0.29, 0.717) is 5.56 Å². The number of aryl methyl sites for hydroxylation is 2. The van der Waals surface area contributed by atoms with Crippen LogP contribution in [0.1, 0.15) is 28.5 Å². The fourth-order valence-corrected chi connectivity index (χ4v) is 1.94. The molecule has 0 aliphatic rings. The summed E-state index contributed by atoms with van der Waals surface area (Å²) in [4.78, 5) is 15.1. The highest BCUT2D eigenvalue weighted by Crippen LogP contribution is 2.22. The summed E-state index contributed by atoms with van der Waals surface area (Å²) < 4.78 is 0. The molecule has 1 unspecified atom stereocenters. The summed E-state index contributed by atoms with van der Waals surface area (Å²) in [5.41, 5.74) is 3.93. The van der Waals surface area contributed by atoms with E-state index in [9.17, 15) is 4.79 Å². The first kappa shape index (κ1) is 12.6. The molecule has 1 heterocycles. The van der Waals surface area contributed by atoms with Gasteiger partial charge >= 0.3 is 0 Å². The lowest BCUT2D eigenvalue weighted by Gasteiger charge is -2.07. The minimum Gasteiger partial charge on any atom is -0.392 e. The number of benzene rings is 1. The van der Waals surface area contributed by atoms with Gasteiger partial charge < -0.3 is 15.4 Å². The molecule has 2 rings (SSSR count). The van der Waals surface area contributed by atoms with E-state index < -0.39 is 6.10 Å². The summed E-state index contributed by atoms with van der Waals surface area (Å²) in [5, 5.41) is 12.9. The molecule has 4 nitrogen and oxygen atoms in total. The summed E-state index contributed by atoms with van der Waals surface area (Å²) in [7, 11) is 0. The van der Waals surface area contributed by atoms with Crippen LogP contribution in [0.4, 0.5) is 0 Å². The van der Waals surface area contributed by atoms with Crippen molar-refractivity contribution in [1.82, 2.24) is 10.3 Å². The molecule has 1 amide bonds. The molecule has 1 aromatic heterocycles. The van der Waals surface area contributed by atoms with Gasteiger partial charge in [-0.15, -0.1) is 0 Å². The highest BCUT2D eigenvalue weighted by molar-refractivity contribution is 5.99. The van der Waals surface area contributed by atoms with Gasteiger partial charge in [-0.05, 0) is 44.5 Å². The molecular weight excluding hydrogens is 228 g/mol. The Hall–Kier alpha value is -1.81. The second kappa shape index (κ2) is 4.82. The van der Waals surface area contributed by atoms with Crippen LogP contribution in [0, 0.1) is 13.8 Å². The third-order valence-corrected chi connectivity index (χ3v) is 3.13. The fraction of sp³-hybridized carbons (Fsp3) is 0.357. The molecule has 0 fully saturated rings. The van der Waals surface area contributed by atoms with Crippen molar-refractivity contribution in [3.8, 4) is 0 Å². The molecule has 18 heavy (non-hydrogen) atoms. The Bertz CT molecular complexity index is 585. The summed E-state index contributed by atoms with van der Waals surface area (Å²) in [6, 6.07) is 5.58. The zero-order chi connectivity index (χ0) is 13.3. The van der Waals surface area contributed by atoms with Gasteiger partial charge in [-0.2, -0.15) is 0 Å². The minimum atomic E-state index is -0.533. The average Bonchev–Trinajstić information content (AvgIpc) is 2.62. The molecule has 3 N–H and O–H groups in total. The van der Waals surface area contributed by atoms with Crippen molar-refractivity contribution in [1.29, 1.82) is 0 Å². The lowest BCUT2D eigenvalue weighted by atomic mass is 10.1. The van der Waals surface area contributed by atoms with Crippen molar-refractivity contribution in [3.05, 3.63) is 35.0 Å². The van der Waals surface area contributed by atoms with Crippen molar-refractivity contribution in [3.63, 3.8) is 0 Å². The number of aromatic amines is 1. The quantitative estimate of drug-likeness (QED) is 0.774. The largest absolute Gasteiger partial charge is 0.392 e. The van der Waals surface area contributed by atoms with Crippen LogP contribution in [-0.4, -0.2) is 28.6 Å². The van der Waals surface area contributed by atoms with E-state index in [2.05, 4.69) is 10.3 Å². The van der Waals surface area contributed by atoms with Crippen LogP contribution in [-0.2, 0) is 0 Å². The maximum absolute atomic E-state index is 11.9.